The van der Waals surface area contributed by atoms with Gasteiger partial charge in [-0.2, -0.15) is 0 Å². The van der Waals surface area contributed by atoms with Crippen LogP contribution in [0.4, 0.5) is 0 Å². The molecule has 7 N–H and O–H groups in total. The van der Waals surface area contributed by atoms with Gasteiger partial charge in [0.1, 0.15) is 12.1 Å². The number of hydrogen-bond acceptors (Lipinski definition) is 6. The summed E-state index contributed by atoms with van der Waals surface area (Å²) in [5, 5.41) is 31.8. The van der Waals surface area contributed by atoms with Crippen LogP contribution >= 0.6 is 0 Å². The Hall–Kier alpha value is -2.20. The van der Waals surface area contributed by atoms with Crippen molar-refractivity contribution in [1.82, 2.24) is 10.6 Å². The second-order valence-corrected chi connectivity index (χ2v) is 5.64. The van der Waals surface area contributed by atoms with Gasteiger partial charge in [-0.15, -0.1) is 0 Å². The highest BCUT2D eigenvalue weighted by atomic mass is 16.4. The summed E-state index contributed by atoms with van der Waals surface area (Å²) in [6.07, 6.45) is -1.49. The zero-order valence-electron chi connectivity index (χ0n) is 13.9. The van der Waals surface area contributed by atoms with E-state index in [-0.39, 0.29) is 5.92 Å². The number of hydrogen-bond donors (Lipinski definition) is 6. The van der Waals surface area contributed by atoms with E-state index in [9.17, 15) is 24.3 Å². The lowest BCUT2D eigenvalue weighted by atomic mass is 9.98. The van der Waals surface area contributed by atoms with E-state index in [0.29, 0.717) is 6.42 Å². The predicted octanol–water partition coefficient (Wildman–Crippen LogP) is -1.73. The number of aliphatic hydroxyl groups is 1. The summed E-state index contributed by atoms with van der Waals surface area (Å²) < 4.78 is 0. The van der Waals surface area contributed by atoms with Crippen molar-refractivity contribution < 1.29 is 34.5 Å². The molecule has 0 unspecified atom stereocenters. The molecule has 0 aromatic carbocycles. The summed E-state index contributed by atoms with van der Waals surface area (Å²) in [6.45, 7) is 4.62. The topological polar surface area (TPSA) is 179 Å². The van der Waals surface area contributed by atoms with Crippen LogP contribution in [0.2, 0.25) is 0 Å². The summed E-state index contributed by atoms with van der Waals surface area (Å²) in [5.74, 6) is -4.73. The first-order chi connectivity index (χ1) is 11.0. The van der Waals surface area contributed by atoms with Gasteiger partial charge in [0.15, 0.2) is 0 Å². The quantitative estimate of drug-likeness (QED) is 0.270. The Bertz CT molecular complexity index is 481. The van der Waals surface area contributed by atoms with Crippen LogP contribution < -0.4 is 16.4 Å². The van der Waals surface area contributed by atoms with Gasteiger partial charge in [0, 0.05) is 0 Å². The Kier molecular flexibility index (Phi) is 8.93. The summed E-state index contributed by atoms with van der Waals surface area (Å²) in [5.41, 5.74) is 5.39. The van der Waals surface area contributed by atoms with E-state index in [2.05, 4.69) is 10.6 Å². The second kappa shape index (κ2) is 9.83. The SMILES string of the molecule is CC[C@H](C)[C@H](NC(=O)[C@@H](NC(=O)[C@@H](N)CC(=O)O)[C@@H](C)O)C(=O)O. The molecule has 0 aliphatic carbocycles. The van der Waals surface area contributed by atoms with Gasteiger partial charge in [-0.1, -0.05) is 20.3 Å². The molecule has 0 aliphatic heterocycles. The van der Waals surface area contributed by atoms with Crippen molar-refractivity contribution in [3.05, 3.63) is 0 Å². The molecular formula is C14H25N3O7. The van der Waals surface area contributed by atoms with E-state index in [0.717, 1.165) is 0 Å². The van der Waals surface area contributed by atoms with Crippen LogP contribution in [0.1, 0.15) is 33.6 Å². The van der Waals surface area contributed by atoms with Crippen molar-refractivity contribution in [2.24, 2.45) is 11.7 Å². The third kappa shape index (κ3) is 6.92. The highest BCUT2D eigenvalue weighted by molar-refractivity contribution is 5.93. The molecule has 0 aliphatic rings. The van der Waals surface area contributed by atoms with Crippen LogP contribution in [-0.4, -0.2) is 63.3 Å². The number of aliphatic hydroxyl groups excluding tert-OH is 1. The van der Waals surface area contributed by atoms with Crippen molar-refractivity contribution in [2.75, 3.05) is 0 Å². The fourth-order valence-electron chi connectivity index (χ4n) is 1.87. The van der Waals surface area contributed by atoms with Gasteiger partial charge in [-0.05, 0) is 12.8 Å². The number of nitrogens with one attached hydrogen (secondary N) is 2. The number of rotatable bonds is 10. The van der Waals surface area contributed by atoms with Gasteiger partial charge >= 0.3 is 11.9 Å². The largest absolute Gasteiger partial charge is 0.481 e. The monoisotopic (exact) mass is 347 g/mol. The van der Waals surface area contributed by atoms with Gasteiger partial charge in [-0.25, -0.2) is 4.79 Å². The maximum atomic E-state index is 12.2. The molecule has 138 valence electrons. The van der Waals surface area contributed by atoms with Gasteiger partial charge in [0.25, 0.3) is 0 Å². The second-order valence-electron chi connectivity index (χ2n) is 5.64. The third-order valence-corrected chi connectivity index (χ3v) is 3.57. The average molecular weight is 347 g/mol. The Morgan fingerprint density at radius 2 is 1.50 bits per heavy atom. The van der Waals surface area contributed by atoms with Crippen LogP contribution in [0.25, 0.3) is 0 Å². The molecule has 0 aromatic heterocycles. The van der Waals surface area contributed by atoms with Crippen LogP contribution in [0, 0.1) is 5.92 Å². The molecule has 0 fully saturated rings. The highest BCUT2D eigenvalue weighted by Gasteiger charge is 2.32. The molecule has 0 spiro atoms. The Labute approximate surface area is 139 Å². The summed E-state index contributed by atoms with van der Waals surface area (Å²) >= 11 is 0. The minimum absolute atomic E-state index is 0.369. The smallest absolute Gasteiger partial charge is 0.326 e. The molecule has 0 bridgehead atoms. The van der Waals surface area contributed by atoms with Gasteiger partial charge in [0.2, 0.25) is 11.8 Å². The van der Waals surface area contributed by atoms with Gasteiger partial charge in [0.05, 0.1) is 18.6 Å². The summed E-state index contributed by atoms with van der Waals surface area (Å²) in [4.78, 5) is 45.8. The normalized spacial score (nSPS) is 17.0. The molecule has 2 amide bonds. The fraction of sp³-hybridized carbons (Fsp3) is 0.714. The van der Waals surface area contributed by atoms with E-state index in [1.54, 1.807) is 13.8 Å². The molecule has 0 rings (SSSR count). The highest BCUT2D eigenvalue weighted by Crippen LogP contribution is 2.09. The third-order valence-electron chi connectivity index (χ3n) is 3.57. The zero-order chi connectivity index (χ0) is 19.0. The molecule has 0 radical (unpaired) electrons. The van der Waals surface area contributed by atoms with Crippen LogP contribution in [0.5, 0.6) is 0 Å². The minimum atomic E-state index is -1.46. The molecule has 24 heavy (non-hydrogen) atoms. The lowest BCUT2D eigenvalue weighted by molar-refractivity contribution is -0.144. The average Bonchev–Trinajstić information content (AvgIpc) is 2.47. The first kappa shape index (κ1) is 21.8. The van der Waals surface area contributed by atoms with Crippen molar-refractivity contribution in [3.63, 3.8) is 0 Å². The van der Waals surface area contributed by atoms with E-state index >= 15 is 0 Å². The zero-order valence-corrected chi connectivity index (χ0v) is 13.9. The molecule has 0 saturated carbocycles. The molecule has 10 heteroatoms. The standard InChI is InChI=1S/C14H25N3O7/c1-4-6(2)10(14(23)24)16-13(22)11(7(3)18)17-12(21)8(15)5-9(19)20/h6-8,10-11,18H,4-5,15H2,1-3H3,(H,16,22)(H,17,21)(H,19,20)(H,23,24)/t6-,7+,8-,10-,11-/m0/s1. The van der Waals surface area contributed by atoms with Crippen LogP contribution in [0.3, 0.4) is 0 Å². The van der Waals surface area contributed by atoms with Crippen molar-refractivity contribution in [3.8, 4) is 0 Å². The van der Waals surface area contributed by atoms with Gasteiger partial charge < -0.3 is 31.7 Å². The Balaban J connectivity index is 5.04. The number of carbonyl (C=O) groups is 4. The first-order valence-electron chi connectivity index (χ1n) is 7.50. The lowest BCUT2D eigenvalue weighted by Gasteiger charge is -2.26. The molecule has 5 atom stereocenters. The number of amides is 2. The maximum absolute atomic E-state index is 12.2. The molecule has 0 saturated heterocycles. The van der Waals surface area contributed by atoms with Crippen molar-refractivity contribution in [1.29, 1.82) is 0 Å². The van der Waals surface area contributed by atoms with Gasteiger partial charge in [-0.3, -0.25) is 14.4 Å². The van der Waals surface area contributed by atoms with Crippen LogP contribution in [0.15, 0.2) is 0 Å². The number of carboxylic acids is 2. The Morgan fingerprint density at radius 1 is 1.00 bits per heavy atom. The molecule has 0 aromatic rings. The predicted molar refractivity (Wildman–Crippen MR) is 82.9 cm³/mol. The van der Waals surface area contributed by atoms with Crippen molar-refractivity contribution in [2.45, 2.75) is 57.8 Å². The molecule has 10 nitrogen and oxygen atoms in total. The molecular weight excluding hydrogens is 322 g/mol. The van der Waals surface area contributed by atoms with E-state index in [4.69, 9.17) is 15.9 Å². The van der Waals surface area contributed by atoms with E-state index in [1.165, 1.54) is 6.92 Å². The van der Waals surface area contributed by atoms with Crippen molar-refractivity contribution >= 4 is 23.8 Å². The number of nitrogens with two attached hydrogens (primary N) is 1. The maximum Gasteiger partial charge on any atom is 0.326 e. The molecule has 0 heterocycles. The number of carbonyl (C=O) groups excluding carboxylic acids is 2. The fourth-order valence-corrected chi connectivity index (χ4v) is 1.87. The summed E-state index contributed by atoms with van der Waals surface area (Å²) in [6, 6.07) is -4.04. The lowest BCUT2D eigenvalue weighted by Crippen LogP contribution is -2.59. The van der Waals surface area contributed by atoms with E-state index < -0.39 is 54.4 Å². The minimum Gasteiger partial charge on any atom is -0.481 e. The summed E-state index contributed by atoms with van der Waals surface area (Å²) in [7, 11) is 0. The first-order valence-corrected chi connectivity index (χ1v) is 7.50. The Morgan fingerprint density at radius 3 is 1.88 bits per heavy atom. The number of aliphatic carboxylic acids is 2. The number of carboxylic acid groups (broad SMARTS) is 2. The van der Waals surface area contributed by atoms with Crippen LogP contribution in [-0.2, 0) is 19.2 Å². The van der Waals surface area contributed by atoms with E-state index in [1.807, 2.05) is 0 Å².